The van der Waals surface area contributed by atoms with Crippen molar-refractivity contribution in [2.45, 2.75) is 56.5 Å². The number of hydrogen-bond donors (Lipinski definition) is 2. The maximum Gasteiger partial charge on any atom is 0.246 e. The molecule has 0 aromatic carbocycles. The summed E-state index contributed by atoms with van der Waals surface area (Å²) >= 11 is 0. The first-order valence-electron chi connectivity index (χ1n) is 9.74. The summed E-state index contributed by atoms with van der Waals surface area (Å²) in [5.74, 6) is -0.770. The predicted octanol–water partition coefficient (Wildman–Crippen LogP) is -0.386. The number of primary amides is 1. The van der Waals surface area contributed by atoms with Crippen LogP contribution in [0.1, 0.15) is 44.9 Å². The third-order valence-corrected chi connectivity index (χ3v) is 5.92. The van der Waals surface area contributed by atoms with Gasteiger partial charge in [0.25, 0.3) is 0 Å². The number of morpholine rings is 1. The molecule has 0 spiro atoms. The number of nitrogens with two attached hydrogens (primary N) is 1. The summed E-state index contributed by atoms with van der Waals surface area (Å²) in [7, 11) is 0. The zero-order valence-corrected chi connectivity index (χ0v) is 15.4. The first-order chi connectivity index (χ1) is 12.5. The Kier molecular flexibility index (Phi) is 6.13. The average molecular weight is 366 g/mol. The Hall–Kier alpha value is -1.67. The molecule has 3 rings (SSSR count). The van der Waals surface area contributed by atoms with Crippen molar-refractivity contribution in [2.75, 3.05) is 39.4 Å². The molecular formula is C18H30N4O4. The minimum atomic E-state index is -0.920. The molecular weight excluding hydrogens is 336 g/mol. The Bertz CT molecular complexity index is 541. The second-order valence-corrected chi connectivity index (χ2v) is 7.52. The Labute approximate surface area is 154 Å². The number of hydrogen-bond acceptors (Lipinski definition) is 5. The number of likely N-dealkylation sites (tertiary alicyclic amines) is 1. The van der Waals surface area contributed by atoms with Gasteiger partial charge in [0.15, 0.2) is 0 Å². The molecule has 0 aromatic rings. The molecule has 3 N–H and O–H groups in total. The normalized spacial score (nSPS) is 26.7. The summed E-state index contributed by atoms with van der Waals surface area (Å²) in [6.45, 7) is 4.48. The van der Waals surface area contributed by atoms with Crippen molar-refractivity contribution in [3.05, 3.63) is 0 Å². The summed E-state index contributed by atoms with van der Waals surface area (Å²) in [5, 5.41) is 3.03. The van der Waals surface area contributed by atoms with Gasteiger partial charge in [0, 0.05) is 32.6 Å². The van der Waals surface area contributed by atoms with Gasteiger partial charge in [0.1, 0.15) is 11.6 Å². The molecule has 8 heteroatoms. The molecule has 0 bridgehead atoms. The van der Waals surface area contributed by atoms with E-state index in [2.05, 4.69) is 10.2 Å². The van der Waals surface area contributed by atoms with Gasteiger partial charge in [-0.3, -0.25) is 19.3 Å². The third kappa shape index (κ3) is 3.86. The van der Waals surface area contributed by atoms with Gasteiger partial charge in [-0.05, 0) is 19.3 Å². The zero-order valence-electron chi connectivity index (χ0n) is 15.4. The van der Waals surface area contributed by atoms with E-state index in [1.165, 1.54) is 4.90 Å². The fourth-order valence-corrected chi connectivity index (χ4v) is 4.52. The molecule has 2 heterocycles. The highest BCUT2D eigenvalue weighted by Gasteiger charge is 2.52. The zero-order chi connectivity index (χ0) is 18.6. The van der Waals surface area contributed by atoms with Crippen LogP contribution in [0.25, 0.3) is 0 Å². The molecule has 2 aliphatic heterocycles. The molecule has 1 aliphatic carbocycles. The summed E-state index contributed by atoms with van der Waals surface area (Å²) in [4.78, 5) is 41.3. The van der Waals surface area contributed by atoms with E-state index in [9.17, 15) is 14.4 Å². The molecule has 3 fully saturated rings. The lowest BCUT2D eigenvalue weighted by atomic mass is 9.78. The molecule has 3 aliphatic rings. The SMILES string of the molecule is NC(=O)[C@@H]1CCC(=O)N1C1(C(=O)NCCN2CCOCC2)CCCCC1. The number of nitrogens with zero attached hydrogens (tertiary/aromatic N) is 2. The molecule has 0 aromatic heterocycles. The second kappa shape index (κ2) is 8.35. The van der Waals surface area contributed by atoms with Crippen LogP contribution in [0.3, 0.4) is 0 Å². The summed E-state index contributed by atoms with van der Waals surface area (Å²) in [6, 6.07) is -0.661. The van der Waals surface area contributed by atoms with Crippen molar-refractivity contribution in [2.24, 2.45) is 5.73 Å². The summed E-state index contributed by atoms with van der Waals surface area (Å²) in [6.07, 6.45) is 4.72. The average Bonchev–Trinajstić information content (AvgIpc) is 3.05. The van der Waals surface area contributed by atoms with Gasteiger partial charge in [-0.15, -0.1) is 0 Å². The topological polar surface area (TPSA) is 105 Å². The molecule has 2 saturated heterocycles. The van der Waals surface area contributed by atoms with Crippen molar-refractivity contribution < 1.29 is 19.1 Å². The van der Waals surface area contributed by atoms with Crippen molar-refractivity contribution in [3.63, 3.8) is 0 Å². The van der Waals surface area contributed by atoms with Gasteiger partial charge in [0.2, 0.25) is 17.7 Å². The monoisotopic (exact) mass is 366 g/mol. The maximum atomic E-state index is 13.2. The van der Waals surface area contributed by atoms with Crippen molar-refractivity contribution in [3.8, 4) is 0 Å². The van der Waals surface area contributed by atoms with Crippen LogP contribution < -0.4 is 11.1 Å². The van der Waals surface area contributed by atoms with E-state index in [-0.39, 0.29) is 18.2 Å². The van der Waals surface area contributed by atoms with Crippen LogP contribution in [0.15, 0.2) is 0 Å². The van der Waals surface area contributed by atoms with Gasteiger partial charge in [-0.25, -0.2) is 0 Å². The number of amides is 3. The lowest BCUT2D eigenvalue weighted by molar-refractivity contribution is -0.152. The highest BCUT2D eigenvalue weighted by atomic mass is 16.5. The molecule has 0 radical (unpaired) electrons. The number of ether oxygens (including phenoxy) is 1. The molecule has 146 valence electrons. The van der Waals surface area contributed by atoms with Crippen LogP contribution in [0, 0.1) is 0 Å². The standard InChI is InChI=1S/C18H30N4O4/c19-16(24)14-4-5-15(23)22(14)18(6-2-1-3-7-18)17(25)20-8-9-21-10-12-26-13-11-21/h14H,1-13H2,(H2,19,24)(H,20,25)/t14-/m0/s1. The van der Waals surface area contributed by atoms with E-state index in [0.29, 0.717) is 25.8 Å². The molecule has 1 atom stereocenters. The van der Waals surface area contributed by atoms with E-state index in [4.69, 9.17) is 10.5 Å². The summed E-state index contributed by atoms with van der Waals surface area (Å²) in [5.41, 5.74) is 4.61. The van der Waals surface area contributed by atoms with Crippen LogP contribution in [0.2, 0.25) is 0 Å². The Morgan fingerprint density at radius 1 is 1.19 bits per heavy atom. The van der Waals surface area contributed by atoms with E-state index in [1.807, 2.05) is 0 Å². The molecule has 1 saturated carbocycles. The van der Waals surface area contributed by atoms with Gasteiger partial charge in [0.05, 0.1) is 13.2 Å². The van der Waals surface area contributed by atoms with Crippen LogP contribution in [-0.4, -0.2) is 78.5 Å². The minimum absolute atomic E-state index is 0.126. The van der Waals surface area contributed by atoms with Crippen LogP contribution in [0.4, 0.5) is 0 Å². The smallest absolute Gasteiger partial charge is 0.246 e. The van der Waals surface area contributed by atoms with Crippen molar-refractivity contribution in [1.82, 2.24) is 15.1 Å². The highest BCUT2D eigenvalue weighted by molar-refractivity contribution is 5.97. The lowest BCUT2D eigenvalue weighted by Gasteiger charge is -2.45. The fraction of sp³-hybridized carbons (Fsp3) is 0.833. The second-order valence-electron chi connectivity index (χ2n) is 7.52. The van der Waals surface area contributed by atoms with Crippen LogP contribution in [0.5, 0.6) is 0 Å². The quantitative estimate of drug-likeness (QED) is 0.666. The van der Waals surface area contributed by atoms with Crippen molar-refractivity contribution in [1.29, 1.82) is 0 Å². The fourth-order valence-electron chi connectivity index (χ4n) is 4.52. The first-order valence-corrected chi connectivity index (χ1v) is 9.74. The minimum Gasteiger partial charge on any atom is -0.379 e. The number of carbonyl (C=O) groups is 3. The van der Waals surface area contributed by atoms with E-state index in [1.54, 1.807) is 0 Å². The van der Waals surface area contributed by atoms with Gasteiger partial charge < -0.3 is 20.7 Å². The Balaban J connectivity index is 1.68. The van der Waals surface area contributed by atoms with Crippen LogP contribution >= 0.6 is 0 Å². The van der Waals surface area contributed by atoms with Gasteiger partial charge in [-0.1, -0.05) is 19.3 Å². The highest BCUT2D eigenvalue weighted by Crippen LogP contribution is 2.39. The van der Waals surface area contributed by atoms with E-state index >= 15 is 0 Å². The predicted molar refractivity (Wildman–Crippen MR) is 95.1 cm³/mol. The Morgan fingerprint density at radius 2 is 1.88 bits per heavy atom. The van der Waals surface area contributed by atoms with Gasteiger partial charge >= 0.3 is 0 Å². The summed E-state index contributed by atoms with van der Waals surface area (Å²) < 4.78 is 5.33. The number of nitrogens with one attached hydrogen (secondary N) is 1. The number of carbonyl (C=O) groups excluding carboxylic acids is 3. The molecule has 3 amide bonds. The largest absolute Gasteiger partial charge is 0.379 e. The lowest BCUT2D eigenvalue weighted by Crippen LogP contribution is -2.64. The third-order valence-electron chi connectivity index (χ3n) is 5.92. The molecule has 0 unspecified atom stereocenters. The molecule has 26 heavy (non-hydrogen) atoms. The van der Waals surface area contributed by atoms with E-state index < -0.39 is 17.5 Å². The van der Waals surface area contributed by atoms with Crippen LogP contribution in [-0.2, 0) is 19.1 Å². The molecule has 8 nitrogen and oxygen atoms in total. The van der Waals surface area contributed by atoms with Gasteiger partial charge in [-0.2, -0.15) is 0 Å². The Morgan fingerprint density at radius 3 is 2.54 bits per heavy atom. The van der Waals surface area contributed by atoms with Crippen molar-refractivity contribution >= 4 is 17.7 Å². The first kappa shape index (κ1) is 19.1. The number of rotatable bonds is 6. The van der Waals surface area contributed by atoms with E-state index in [0.717, 1.165) is 52.1 Å². The maximum absolute atomic E-state index is 13.2.